The van der Waals surface area contributed by atoms with Crippen LogP contribution >= 0.6 is 0 Å². The van der Waals surface area contributed by atoms with Gasteiger partial charge in [0.25, 0.3) is 0 Å². The minimum absolute atomic E-state index is 0.00591. The minimum atomic E-state index is -1.66. The quantitative estimate of drug-likeness (QED) is 0.644. The molecule has 2 atom stereocenters. The zero-order valence-electron chi connectivity index (χ0n) is 9.04. The maximum absolute atomic E-state index is 11.0. The van der Waals surface area contributed by atoms with Crippen molar-refractivity contribution in [3.63, 3.8) is 0 Å². The van der Waals surface area contributed by atoms with Gasteiger partial charge in [-0.1, -0.05) is 12.1 Å². The van der Waals surface area contributed by atoms with E-state index >= 15 is 0 Å². The van der Waals surface area contributed by atoms with Crippen LogP contribution < -0.4 is 0 Å². The van der Waals surface area contributed by atoms with Crippen molar-refractivity contribution in [2.45, 2.75) is 19.1 Å². The molecule has 0 aliphatic carbocycles. The van der Waals surface area contributed by atoms with Crippen LogP contribution in [0, 0.1) is 6.92 Å². The van der Waals surface area contributed by atoms with E-state index in [2.05, 4.69) is 4.74 Å². The molecule has 0 bridgehead atoms. The molecule has 16 heavy (non-hydrogen) atoms. The molecule has 0 aromatic heterocycles. The Kier molecular flexibility index (Phi) is 3.87. The van der Waals surface area contributed by atoms with Gasteiger partial charge < -0.3 is 20.1 Å². The highest BCUT2D eigenvalue weighted by atomic mass is 16.5. The van der Waals surface area contributed by atoms with Crippen LogP contribution in [-0.2, 0) is 9.53 Å². The lowest BCUT2D eigenvalue weighted by Gasteiger charge is -2.18. The average Bonchev–Trinajstić information content (AvgIpc) is 2.29. The number of hydrogen-bond acceptors (Lipinski definition) is 5. The van der Waals surface area contributed by atoms with E-state index in [1.165, 1.54) is 18.2 Å². The fraction of sp³-hybridized carbons (Fsp3) is 0.364. The summed E-state index contributed by atoms with van der Waals surface area (Å²) in [5.41, 5.74) is 0.704. The van der Waals surface area contributed by atoms with Crippen LogP contribution in [0.3, 0.4) is 0 Å². The third kappa shape index (κ3) is 2.32. The number of hydrogen-bond donors (Lipinski definition) is 3. The van der Waals surface area contributed by atoms with Crippen LogP contribution in [0.15, 0.2) is 18.2 Å². The van der Waals surface area contributed by atoms with Gasteiger partial charge in [0.2, 0.25) is 0 Å². The number of esters is 1. The van der Waals surface area contributed by atoms with Crippen molar-refractivity contribution in [2.75, 3.05) is 7.11 Å². The van der Waals surface area contributed by atoms with Crippen LogP contribution in [0.4, 0.5) is 0 Å². The first kappa shape index (κ1) is 12.5. The Morgan fingerprint density at radius 2 is 2.00 bits per heavy atom. The molecule has 0 heterocycles. The summed E-state index contributed by atoms with van der Waals surface area (Å²) in [5.74, 6) is -0.927. The fourth-order valence-corrected chi connectivity index (χ4v) is 1.38. The molecule has 0 radical (unpaired) electrons. The van der Waals surface area contributed by atoms with Gasteiger partial charge in [-0.05, 0) is 24.1 Å². The summed E-state index contributed by atoms with van der Waals surface area (Å²) in [5, 5.41) is 28.6. The number of aliphatic hydroxyl groups excluding tert-OH is 2. The van der Waals surface area contributed by atoms with Gasteiger partial charge in [-0.15, -0.1) is 0 Å². The molecule has 0 amide bonds. The molecule has 0 fully saturated rings. The van der Waals surface area contributed by atoms with Crippen molar-refractivity contribution in [2.24, 2.45) is 0 Å². The van der Waals surface area contributed by atoms with E-state index in [0.717, 1.165) is 7.11 Å². The highest BCUT2D eigenvalue weighted by Gasteiger charge is 2.27. The Morgan fingerprint density at radius 1 is 1.38 bits per heavy atom. The summed E-state index contributed by atoms with van der Waals surface area (Å²) in [4.78, 5) is 11.0. The smallest absolute Gasteiger partial charge is 0.337 e. The lowest BCUT2D eigenvalue weighted by atomic mass is 9.99. The topological polar surface area (TPSA) is 87.0 Å². The second kappa shape index (κ2) is 4.96. The van der Waals surface area contributed by atoms with Crippen LogP contribution in [0.25, 0.3) is 0 Å². The lowest BCUT2D eigenvalue weighted by molar-refractivity contribution is -0.156. The molecule has 1 aromatic carbocycles. The van der Waals surface area contributed by atoms with E-state index in [1.807, 2.05) is 0 Å². The monoisotopic (exact) mass is 226 g/mol. The van der Waals surface area contributed by atoms with E-state index in [9.17, 15) is 20.1 Å². The Balaban J connectivity index is 3.00. The summed E-state index contributed by atoms with van der Waals surface area (Å²) in [6.45, 7) is 1.58. The Hall–Kier alpha value is -1.59. The third-order valence-electron chi connectivity index (χ3n) is 2.41. The zero-order valence-corrected chi connectivity index (χ0v) is 9.04. The third-order valence-corrected chi connectivity index (χ3v) is 2.41. The van der Waals surface area contributed by atoms with Crippen molar-refractivity contribution in [1.29, 1.82) is 0 Å². The van der Waals surface area contributed by atoms with Gasteiger partial charge in [-0.25, -0.2) is 4.79 Å². The number of phenols is 1. The maximum atomic E-state index is 11.0. The molecule has 0 saturated heterocycles. The summed E-state index contributed by atoms with van der Waals surface area (Å²) < 4.78 is 4.31. The van der Waals surface area contributed by atoms with E-state index in [0.29, 0.717) is 5.56 Å². The minimum Gasteiger partial charge on any atom is -0.508 e. The molecule has 2 unspecified atom stereocenters. The number of aromatic hydroxyl groups is 1. The molecule has 88 valence electrons. The number of aliphatic hydroxyl groups is 2. The van der Waals surface area contributed by atoms with E-state index in [-0.39, 0.29) is 11.3 Å². The number of phenolic OH excluding ortho intramolecular Hbond substituents is 1. The van der Waals surface area contributed by atoms with Gasteiger partial charge in [0.1, 0.15) is 11.9 Å². The molecule has 5 heteroatoms. The predicted octanol–water partition coefficient (Wildman–Crippen LogP) is 0.268. The Bertz CT molecular complexity index is 388. The number of carbonyl (C=O) groups excluding carboxylic acids is 1. The number of carbonyl (C=O) groups is 1. The van der Waals surface area contributed by atoms with Crippen molar-refractivity contribution in [3.8, 4) is 5.75 Å². The number of methoxy groups -OCH3 is 1. The molecule has 1 aromatic rings. The van der Waals surface area contributed by atoms with Crippen LogP contribution in [0.1, 0.15) is 17.2 Å². The molecule has 0 aliphatic rings. The second-order valence-corrected chi connectivity index (χ2v) is 3.40. The predicted molar refractivity (Wildman–Crippen MR) is 55.8 cm³/mol. The summed E-state index contributed by atoms with van der Waals surface area (Å²) in [6.07, 6.45) is -3.08. The Morgan fingerprint density at radius 3 is 2.56 bits per heavy atom. The zero-order chi connectivity index (χ0) is 12.3. The lowest BCUT2D eigenvalue weighted by Crippen LogP contribution is -2.29. The average molecular weight is 226 g/mol. The molecular weight excluding hydrogens is 212 g/mol. The van der Waals surface area contributed by atoms with E-state index < -0.39 is 18.2 Å². The largest absolute Gasteiger partial charge is 0.508 e. The van der Waals surface area contributed by atoms with Crippen molar-refractivity contribution in [3.05, 3.63) is 29.3 Å². The van der Waals surface area contributed by atoms with Gasteiger partial charge in [0.15, 0.2) is 6.10 Å². The van der Waals surface area contributed by atoms with Crippen LogP contribution in [-0.4, -0.2) is 34.5 Å². The van der Waals surface area contributed by atoms with Gasteiger partial charge in [-0.2, -0.15) is 0 Å². The van der Waals surface area contributed by atoms with Gasteiger partial charge >= 0.3 is 5.97 Å². The van der Waals surface area contributed by atoms with Crippen molar-refractivity contribution in [1.82, 2.24) is 0 Å². The van der Waals surface area contributed by atoms with Gasteiger partial charge in [0.05, 0.1) is 7.11 Å². The standard InChI is InChI=1S/C11H14O5/c1-6-7(4-3-5-8(6)12)9(13)10(14)11(15)16-2/h3-5,9-10,12-14H,1-2H3. The van der Waals surface area contributed by atoms with Crippen molar-refractivity contribution < 1.29 is 24.9 Å². The van der Waals surface area contributed by atoms with E-state index in [1.54, 1.807) is 6.92 Å². The number of ether oxygens (including phenoxy) is 1. The van der Waals surface area contributed by atoms with Crippen molar-refractivity contribution >= 4 is 5.97 Å². The highest BCUT2D eigenvalue weighted by Crippen LogP contribution is 2.27. The second-order valence-electron chi connectivity index (χ2n) is 3.40. The number of benzene rings is 1. The highest BCUT2D eigenvalue weighted by molar-refractivity contribution is 5.75. The van der Waals surface area contributed by atoms with Crippen LogP contribution in [0.5, 0.6) is 5.75 Å². The fourth-order valence-electron chi connectivity index (χ4n) is 1.38. The van der Waals surface area contributed by atoms with Crippen LogP contribution in [0.2, 0.25) is 0 Å². The normalized spacial score (nSPS) is 14.2. The molecular formula is C11H14O5. The number of rotatable bonds is 3. The first-order chi connectivity index (χ1) is 7.49. The molecule has 0 saturated carbocycles. The van der Waals surface area contributed by atoms with Gasteiger partial charge in [-0.3, -0.25) is 0 Å². The first-order valence-corrected chi connectivity index (χ1v) is 4.71. The first-order valence-electron chi connectivity index (χ1n) is 4.71. The molecule has 5 nitrogen and oxygen atoms in total. The molecule has 0 spiro atoms. The van der Waals surface area contributed by atoms with E-state index in [4.69, 9.17) is 0 Å². The maximum Gasteiger partial charge on any atom is 0.337 e. The summed E-state index contributed by atoms with van der Waals surface area (Å²) in [6, 6.07) is 4.49. The van der Waals surface area contributed by atoms with Gasteiger partial charge in [0, 0.05) is 0 Å². The Labute approximate surface area is 92.9 Å². The molecule has 0 aliphatic heterocycles. The molecule has 3 N–H and O–H groups in total. The SMILES string of the molecule is COC(=O)C(O)C(O)c1cccc(O)c1C. The summed E-state index contributed by atoms with van der Waals surface area (Å²) in [7, 11) is 1.12. The molecule has 1 rings (SSSR count). The summed E-state index contributed by atoms with van der Waals surface area (Å²) >= 11 is 0.